The van der Waals surface area contributed by atoms with Crippen LogP contribution in [0.4, 0.5) is 0 Å². The molecule has 0 aliphatic carbocycles. The second-order valence-corrected chi connectivity index (χ2v) is 2.88. The third-order valence-electron chi connectivity index (χ3n) is 1.07. The van der Waals surface area contributed by atoms with Crippen molar-refractivity contribution in [3.05, 3.63) is 34.9 Å². The van der Waals surface area contributed by atoms with E-state index in [1.165, 1.54) is 0 Å². The minimum Gasteiger partial charge on any atom is -0.397 e. The Kier molecular flexibility index (Phi) is 6.59. The Morgan fingerprint density at radius 2 is 1.77 bits per heavy atom. The smallest absolute Gasteiger partial charge is 0.252 e. The average molecular weight is 221 g/mol. The van der Waals surface area contributed by atoms with Crippen LogP contribution in [0.15, 0.2) is 24.3 Å². The van der Waals surface area contributed by atoms with Crippen molar-refractivity contribution in [2.45, 2.75) is 6.92 Å². The third-order valence-corrected chi connectivity index (χ3v) is 1.54. The van der Waals surface area contributed by atoms with Gasteiger partial charge in [-0.15, -0.1) is 0 Å². The molecule has 0 aromatic heterocycles. The molecule has 13 heavy (non-hydrogen) atoms. The number of benzene rings is 1. The minimum absolute atomic E-state index is 0.250. The summed E-state index contributed by atoms with van der Waals surface area (Å²) in [4.78, 5) is 10.5. The van der Waals surface area contributed by atoms with E-state index in [-0.39, 0.29) is 6.61 Å². The summed E-state index contributed by atoms with van der Waals surface area (Å²) in [6, 6.07) is 6.41. The quantitative estimate of drug-likeness (QED) is 0.740. The molecule has 0 spiro atoms. The van der Waals surface area contributed by atoms with Crippen molar-refractivity contribution in [2.24, 2.45) is 0 Å². The molecule has 0 saturated heterocycles. The molecule has 0 heterocycles. The van der Waals surface area contributed by atoms with Crippen LogP contribution >= 0.6 is 23.2 Å². The van der Waals surface area contributed by atoms with Gasteiger partial charge in [0.05, 0.1) is 0 Å². The van der Waals surface area contributed by atoms with Gasteiger partial charge >= 0.3 is 0 Å². The third kappa shape index (κ3) is 5.64. The SMILES string of the molecule is CCO.O=C(Cl)c1ccc(Cl)cc1. The molecule has 0 radical (unpaired) electrons. The lowest BCUT2D eigenvalue weighted by Gasteiger charge is -1.91. The first-order chi connectivity index (χ1) is 6.11. The number of halogens is 2. The predicted octanol–water partition coefficient (Wildman–Crippen LogP) is 2.72. The average Bonchev–Trinajstić information content (AvgIpc) is 2.06. The molecule has 1 rings (SSSR count). The van der Waals surface area contributed by atoms with Crippen molar-refractivity contribution in [2.75, 3.05) is 6.61 Å². The van der Waals surface area contributed by atoms with Gasteiger partial charge in [0.1, 0.15) is 0 Å². The van der Waals surface area contributed by atoms with Gasteiger partial charge in [-0.3, -0.25) is 4.79 Å². The number of carbonyl (C=O) groups is 1. The monoisotopic (exact) mass is 220 g/mol. The highest BCUT2D eigenvalue weighted by atomic mass is 35.5. The number of hydrogen-bond acceptors (Lipinski definition) is 2. The minimum atomic E-state index is -0.461. The van der Waals surface area contributed by atoms with Crippen LogP contribution in [0.5, 0.6) is 0 Å². The molecule has 0 atom stereocenters. The van der Waals surface area contributed by atoms with Crippen LogP contribution in [0.1, 0.15) is 17.3 Å². The van der Waals surface area contributed by atoms with Gasteiger partial charge in [-0.25, -0.2) is 0 Å². The molecule has 0 bridgehead atoms. The highest BCUT2D eigenvalue weighted by Crippen LogP contribution is 2.10. The van der Waals surface area contributed by atoms with Crippen LogP contribution < -0.4 is 0 Å². The van der Waals surface area contributed by atoms with Crippen molar-refractivity contribution in [3.63, 3.8) is 0 Å². The zero-order valence-electron chi connectivity index (χ0n) is 7.13. The summed E-state index contributed by atoms with van der Waals surface area (Å²) in [5.74, 6) is 0. The van der Waals surface area contributed by atoms with Gasteiger partial charge < -0.3 is 5.11 Å². The Hall–Kier alpha value is -0.570. The van der Waals surface area contributed by atoms with Crippen LogP contribution in [0.2, 0.25) is 5.02 Å². The molecule has 0 saturated carbocycles. The van der Waals surface area contributed by atoms with Gasteiger partial charge in [0, 0.05) is 17.2 Å². The fourth-order valence-electron chi connectivity index (χ4n) is 0.581. The van der Waals surface area contributed by atoms with Crippen molar-refractivity contribution < 1.29 is 9.90 Å². The van der Waals surface area contributed by atoms with Crippen LogP contribution in [-0.2, 0) is 0 Å². The number of aliphatic hydroxyl groups excluding tert-OH is 1. The highest BCUT2D eigenvalue weighted by molar-refractivity contribution is 6.67. The lowest BCUT2D eigenvalue weighted by Crippen LogP contribution is -1.85. The fourth-order valence-corrected chi connectivity index (χ4v) is 0.833. The molecule has 1 aromatic rings. The van der Waals surface area contributed by atoms with Gasteiger partial charge in [0.2, 0.25) is 0 Å². The van der Waals surface area contributed by atoms with Gasteiger partial charge in [-0.2, -0.15) is 0 Å². The van der Waals surface area contributed by atoms with Crippen molar-refractivity contribution >= 4 is 28.4 Å². The molecule has 1 aromatic carbocycles. The Morgan fingerprint density at radius 3 is 2.08 bits per heavy atom. The van der Waals surface area contributed by atoms with Crippen molar-refractivity contribution in [1.29, 1.82) is 0 Å². The largest absolute Gasteiger partial charge is 0.397 e. The maximum absolute atomic E-state index is 10.5. The Balaban J connectivity index is 0.000000424. The van der Waals surface area contributed by atoms with E-state index in [2.05, 4.69) is 0 Å². The first-order valence-corrected chi connectivity index (χ1v) is 4.43. The zero-order valence-corrected chi connectivity index (χ0v) is 8.64. The molecular weight excluding hydrogens is 211 g/mol. The van der Waals surface area contributed by atoms with Crippen molar-refractivity contribution in [3.8, 4) is 0 Å². The van der Waals surface area contributed by atoms with Gasteiger partial charge in [-0.1, -0.05) is 11.6 Å². The number of aliphatic hydroxyl groups is 1. The van der Waals surface area contributed by atoms with Crippen LogP contribution in [0, 0.1) is 0 Å². The standard InChI is InChI=1S/C7H4Cl2O.C2H6O/c8-6-3-1-5(2-4-6)7(9)10;1-2-3/h1-4H;3H,2H2,1H3. The second-order valence-electron chi connectivity index (χ2n) is 2.10. The van der Waals surface area contributed by atoms with Gasteiger partial charge in [0.25, 0.3) is 5.24 Å². The number of hydrogen-bond donors (Lipinski definition) is 1. The van der Waals surface area contributed by atoms with E-state index in [1.807, 2.05) is 0 Å². The molecule has 1 N–H and O–H groups in total. The maximum Gasteiger partial charge on any atom is 0.252 e. The Morgan fingerprint density at radius 1 is 1.38 bits per heavy atom. The van der Waals surface area contributed by atoms with Gasteiger partial charge in [-0.05, 0) is 42.8 Å². The lowest BCUT2D eigenvalue weighted by atomic mass is 10.2. The first kappa shape index (κ1) is 12.4. The topological polar surface area (TPSA) is 37.3 Å². The second kappa shape index (κ2) is 6.89. The molecule has 2 nitrogen and oxygen atoms in total. The van der Waals surface area contributed by atoms with Gasteiger partial charge in [0.15, 0.2) is 0 Å². The molecule has 72 valence electrons. The highest BCUT2D eigenvalue weighted by Gasteiger charge is 1.98. The molecule has 0 unspecified atom stereocenters. The molecule has 0 aliphatic rings. The normalized spacial score (nSPS) is 8.62. The molecular formula is C9H10Cl2O2. The predicted molar refractivity (Wildman–Crippen MR) is 54.4 cm³/mol. The van der Waals surface area contributed by atoms with E-state index in [1.54, 1.807) is 31.2 Å². The lowest BCUT2D eigenvalue weighted by molar-refractivity contribution is 0.108. The van der Waals surface area contributed by atoms with E-state index in [4.69, 9.17) is 28.3 Å². The summed E-state index contributed by atoms with van der Waals surface area (Å²) < 4.78 is 0. The van der Waals surface area contributed by atoms with Crippen LogP contribution in [0.3, 0.4) is 0 Å². The van der Waals surface area contributed by atoms with E-state index in [9.17, 15) is 4.79 Å². The van der Waals surface area contributed by atoms with E-state index in [0.29, 0.717) is 10.6 Å². The summed E-state index contributed by atoms with van der Waals surface area (Å²) >= 11 is 10.7. The number of rotatable bonds is 1. The molecule has 0 fully saturated rings. The van der Waals surface area contributed by atoms with E-state index < -0.39 is 5.24 Å². The maximum atomic E-state index is 10.5. The van der Waals surface area contributed by atoms with Crippen LogP contribution in [-0.4, -0.2) is 17.0 Å². The molecule has 4 heteroatoms. The first-order valence-electron chi connectivity index (χ1n) is 3.68. The number of carbonyl (C=O) groups excluding carboxylic acids is 1. The molecule has 0 amide bonds. The summed E-state index contributed by atoms with van der Waals surface area (Å²) in [7, 11) is 0. The Bertz CT molecular complexity index is 257. The zero-order chi connectivity index (χ0) is 10.3. The molecule has 0 aliphatic heterocycles. The summed E-state index contributed by atoms with van der Waals surface area (Å²) in [5.41, 5.74) is 0.464. The van der Waals surface area contributed by atoms with Crippen molar-refractivity contribution in [1.82, 2.24) is 0 Å². The van der Waals surface area contributed by atoms with E-state index >= 15 is 0 Å². The Labute approximate surface area is 87.1 Å². The summed E-state index contributed by atoms with van der Waals surface area (Å²) in [6.45, 7) is 1.93. The fraction of sp³-hybridized carbons (Fsp3) is 0.222. The van der Waals surface area contributed by atoms with Crippen LogP contribution in [0.25, 0.3) is 0 Å². The summed E-state index contributed by atoms with van der Waals surface area (Å²) in [5, 5.41) is 7.71. The van der Waals surface area contributed by atoms with E-state index in [0.717, 1.165) is 0 Å². The summed E-state index contributed by atoms with van der Waals surface area (Å²) in [6.07, 6.45) is 0.